The topological polar surface area (TPSA) is 30.7 Å². The van der Waals surface area contributed by atoms with E-state index >= 15 is 0 Å². The van der Waals surface area contributed by atoms with Gasteiger partial charge in [0.1, 0.15) is 0 Å². The smallest absolute Gasteiger partial charge is 0.159 e. The molecule has 0 aliphatic rings. The molecule has 0 radical (unpaired) electrons. The third-order valence-corrected chi connectivity index (χ3v) is 6.05. The van der Waals surface area contributed by atoms with Crippen molar-refractivity contribution in [2.45, 2.75) is 0 Å². The molecule has 132 valence electrons. The number of para-hydroxylation sites is 1. The van der Waals surface area contributed by atoms with Gasteiger partial charge in [0.2, 0.25) is 0 Å². The average molecular weight is 377 g/mol. The fraction of sp³-hybridized carbons (Fsp3) is 0. The van der Waals surface area contributed by atoms with Crippen LogP contribution in [0.2, 0.25) is 0 Å². The molecule has 0 amide bonds. The standard InChI is InChI=1S/C24H15N3S/c1-2-6-16(7-3-1)24-25-14-18(15-26-24)27-21-9-5-4-8-19(21)20-12-17-10-11-28-23(17)13-22(20)27/h1-15H. The van der Waals surface area contributed by atoms with Gasteiger partial charge in [-0.15, -0.1) is 11.3 Å². The normalized spacial score (nSPS) is 11.6. The van der Waals surface area contributed by atoms with E-state index in [4.69, 9.17) is 0 Å². The number of benzene rings is 3. The number of nitrogens with zero attached hydrogens (tertiary/aromatic N) is 3. The Morgan fingerprint density at radius 3 is 2.36 bits per heavy atom. The number of hydrogen-bond donors (Lipinski definition) is 0. The van der Waals surface area contributed by atoms with Crippen molar-refractivity contribution in [2.75, 3.05) is 0 Å². The molecule has 0 unspecified atom stereocenters. The second-order valence-electron chi connectivity index (χ2n) is 6.81. The van der Waals surface area contributed by atoms with Gasteiger partial charge in [-0.3, -0.25) is 0 Å². The Balaban J connectivity index is 1.62. The van der Waals surface area contributed by atoms with Crippen LogP contribution < -0.4 is 0 Å². The van der Waals surface area contributed by atoms with Gasteiger partial charge in [0, 0.05) is 21.0 Å². The molecule has 0 saturated carbocycles. The van der Waals surface area contributed by atoms with Crippen molar-refractivity contribution in [2.24, 2.45) is 0 Å². The van der Waals surface area contributed by atoms with E-state index in [0.717, 1.165) is 17.1 Å². The summed E-state index contributed by atoms with van der Waals surface area (Å²) in [6, 6.07) is 25.4. The van der Waals surface area contributed by atoms with Crippen molar-refractivity contribution in [3.8, 4) is 17.1 Å². The lowest BCUT2D eigenvalue weighted by Gasteiger charge is -2.08. The lowest BCUT2D eigenvalue weighted by molar-refractivity contribution is 1.08. The minimum atomic E-state index is 0.741. The highest BCUT2D eigenvalue weighted by Gasteiger charge is 2.14. The van der Waals surface area contributed by atoms with Crippen molar-refractivity contribution in [3.63, 3.8) is 0 Å². The Labute approximate surface area is 165 Å². The van der Waals surface area contributed by atoms with Gasteiger partial charge in [-0.2, -0.15) is 0 Å². The molecule has 0 aliphatic heterocycles. The molecule has 3 heterocycles. The van der Waals surface area contributed by atoms with Gasteiger partial charge in [-0.05, 0) is 35.0 Å². The van der Waals surface area contributed by atoms with Gasteiger partial charge in [0.05, 0.1) is 29.1 Å². The number of fused-ring (bicyclic) bond motifs is 4. The lowest BCUT2D eigenvalue weighted by atomic mass is 10.1. The summed E-state index contributed by atoms with van der Waals surface area (Å²) in [6.45, 7) is 0. The highest BCUT2D eigenvalue weighted by Crippen LogP contribution is 2.35. The molecule has 0 fully saturated rings. The van der Waals surface area contributed by atoms with Crippen LogP contribution in [0, 0.1) is 0 Å². The second-order valence-corrected chi connectivity index (χ2v) is 7.76. The molecular formula is C24H15N3S. The molecule has 0 bridgehead atoms. The minimum absolute atomic E-state index is 0.741. The van der Waals surface area contributed by atoms with E-state index in [1.54, 1.807) is 11.3 Å². The zero-order valence-corrected chi connectivity index (χ0v) is 15.7. The largest absolute Gasteiger partial charge is 0.306 e. The van der Waals surface area contributed by atoms with Crippen molar-refractivity contribution < 1.29 is 0 Å². The van der Waals surface area contributed by atoms with E-state index in [0.29, 0.717) is 0 Å². The van der Waals surface area contributed by atoms with Crippen LogP contribution in [0.5, 0.6) is 0 Å². The number of hydrogen-bond acceptors (Lipinski definition) is 3. The summed E-state index contributed by atoms with van der Waals surface area (Å²) in [5, 5.41) is 5.94. The van der Waals surface area contributed by atoms with Crippen LogP contribution in [0.25, 0.3) is 49.0 Å². The Bertz CT molecular complexity index is 1440. The number of thiophene rings is 1. The molecule has 3 aromatic carbocycles. The molecule has 0 N–H and O–H groups in total. The average Bonchev–Trinajstić information content (AvgIpc) is 3.35. The first-order chi connectivity index (χ1) is 13.9. The monoisotopic (exact) mass is 377 g/mol. The maximum atomic E-state index is 4.64. The predicted molar refractivity (Wildman–Crippen MR) is 117 cm³/mol. The Morgan fingerprint density at radius 2 is 1.50 bits per heavy atom. The van der Waals surface area contributed by atoms with E-state index in [-0.39, 0.29) is 0 Å². The molecule has 0 spiro atoms. The summed E-state index contributed by atoms with van der Waals surface area (Å²) >= 11 is 1.77. The van der Waals surface area contributed by atoms with Crippen molar-refractivity contribution in [1.82, 2.24) is 14.5 Å². The molecule has 0 saturated heterocycles. The summed E-state index contributed by atoms with van der Waals surface area (Å²) < 4.78 is 3.55. The maximum Gasteiger partial charge on any atom is 0.159 e. The Morgan fingerprint density at radius 1 is 0.714 bits per heavy atom. The number of rotatable bonds is 2. The minimum Gasteiger partial charge on any atom is -0.306 e. The van der Waals surface area contributed by atoms with Crippen LogP contribution in [0.1, 0.15) is 0 Å². The van der Waals surface area contributed by atoms with Crippen LogP contribution >= 0.6 is 11.3 Å². The quantitative estimate of drug-likeness (QED) is 0.347. The molecule has 4 heteroatoms. The molecule has 28 heavy (non-hydrogen) atoms. The van der Waals surface area contributed by atoms with Crippen LogP contribution in [-0.4, -0.2) is 14.5 Å². The molecule has 3 nitrogen and oxygen atoms in total. The summed E-state index contributed by atoms with van der Waals surface area (Å²) in [5.74, 6) is 0.741. The summed E-state index contributed by atoms with van der Waals surface area (Å²) in [5.41, 5.74) is 4.36. The van der Waals surface area contributed by atoms with Crippen molar-refractivity contribution in [3.05, 3.63) is 90.6 Å². The fourth-order valence-electron chi connectivity index (χ4n) is 3.88. The SMILES string of the molecule is c1ccc(-c2ncc(-n3c4ccccc4c4cc5ccsc5cc43)cn2)cc1. The van der Waals surface area contributed by atoms with Gasteiger partial charge in [0.25, 0.3) is 0 Å². The van der Waals surface area contributed by atoms with Crippen LogP contribution in [0.4, 0.5) is 0 Å². The first kappa shape index (κ1) is 15.5. The van der Waals surface area contributed by atoms with E-state index in [9.17, 15) is 0 Å². The van der Waals surface area contributed by atoms with E-state index in [1.165, 1.54) is 31.9 Å². The van der Waals surface area contributed by atoms with Gasteiger partial charge < -0.3 is 4.57 Å². The molecule has 0 aliphatic carbocycles. The molecule has 6 aromatic rings. The second kappa shape index (κ2) is 6.01. The molecule has 0 atom stereocenters. The van der Waals surface area contributed by atoms with Gasteiger partial charge in [-0.25, -0.2) is 9.97 Å². The van der Waals surface area contributed by atoms with Gasteiger partial charge in [-0.1, -0.05) is 48.5 Å². The maximum absolute atomic E-state index is 4.64. The van der Waals surface area contributed by atoms with E-state index in [2.05, 4.69) is 62.4 Å². The first-order valence-corrected chi connectivity index (χ1v) is 10.0. The van der Waals surface area contributed by atoms with Gasteiger partial charge >= 0.3 is 0 Å². The third kappa shape index (κ3) is 2.28. The van der Waals surface area contributed by atoms with Crippen molar-refractivity contribution in [1.29, 1.82) is 0 Å². The van der Waals surface area contributed by atoms with Crippen LogP contribution in [0.15, 0.2) is 90.6 Å². The summed E-state index contributed by atoms with van der Waals surface area (Å²) in [6.07, 6.45) is 3.83. The van der Waals surface area contributed by atoms with Gasteiger partial charge in [0.15, 0.2) is 5.82 Å². The van der Waals surface area contributed by atoms with Crippen LogP contribution in [-0.2, 0) is 0 Å². The van der Waals surface area contributed by atoms with Crippen LogP contribution in [0.3, 0.4) is 0 Å². The van der Waals surface area contributed by atoms with Crippen molar-refractivity contribution >= 4 is 43.2 Å². The molecule has 3 aromatic heterocycles. The summed E-state index contributed by atoms with van der Waals surface area (Å²) in [4.78, 5) is 9.28. The van der Waals surface area contributed by atoms with E-state index < -0.39 is 0 Å². The third-order valence-electron chi connectivity index (χ3n) is 5.18. The fourth-order valence-corrected chi connectivity index (χ4v) is 4.68. The number of aromatic nitrogens is 3. The predicted octanol–water partition coefficient (Wildman–Crippen LogP) is 6.46. The Kier molecular flexibility index (Phi) is 3.34. The first-order valence-electron chi connectivity index (χ1n) is 9.17. The highest BCUT2D eigenvalue weighted by atomic mass is 32.1. The molecule has 6 rings (SSSR count). The van der Waals surface area contributed by atoms with E-state index in [1.807, 2.05) is 42.7 Å². The zero-order chi connectivity index (χ0) is 18.5. The molecular weight excluding hydrogens is 362 g/mol. The highest BCUT2D eigenvalue weighted by molar-refractivity contribution is 7.17. The summed E-state index contributed by atoms with van der Waals surface area (Å²) in [7, 11) is 0. The Hall–Kier alpha value is -3.50. The zero-order valence-electron chi connectivity index (χ0n) is 14.9. The lowest BCUT2D eigenvalue weighted by Crippen LogP contribution is -1.97.